The summed E-state index contributed by atoms with van der Waals surface area (Å²) in [6.45, 7) is 8.10. The number of rotatable bonds is 7. The first-order valence-corrected chi connectivity index (χ1v) is 8.41. The van der Waals surface area contributed by atoms with Crippen LogP contribution in [-0.4, -0.2) is 17.9 Å². The normalized spacial score (nSPS) is 12.6. The monoisotopic (exact) mass is 309 g/mol. The standard InChI is InChI=1S/C21H27NO/c1-15(2)21(23)20(22-16(3)4)14-17-10-12-19(13-11-17)18-8-6-5-7-9-18/h5-13,15-16,20,22H,14H2,1-4H3/t20-/m1/s1. The first-order chi connectivity index (χ1) is 11.0. The van der Waals surface area contributed by atoms with E-state index in [0.717, 1.165) is 6.42 Å². The van der Waals surface area contributed by atoms with E-state index in [0.29, 0.717) is 6.04 Å². The summed E-state index contributed by atoms with van der Waals surface area (Å²) in [5.41, 5.74) is 3.61. The summed E-state index contributed by atoms with van der Waals surface area (Å²) in [6, 6.07) is 19.1. The van der Waals surface area contributed by atoms with Gasteiger partial charge in [0.25, 0.3) is 0 Å². The Morgan fingerprint density at radius 2 is 1.43 bits per heavy atom. The number of carbonyl (C=O) groups is 1. The molecule has 2 heteroatoms. The average Bonchev–Trinajstić information content (AvgIpc) is 2.54. The molecule has 0 radical (unpaired) electrons. The Morgan fingerprint density at radius 1 is 0.870 bits per heavy atom. The fourth-order valence-corrected chi connectivity index (χ4v) is 2.75. The quantitative estimate of drug-likeness (QED) is 0.816. The fraction of sp³-hybridized carbons (Fsp3) is 0.381. The molecule has 0 aliphatic carbocycles. The van der Waals surface area contributed by atoms with Gasteiger partial charge < -0.3 is 5.32 Å². The molecule has 23 heavy (non-hydrogen) atoms. The molecule has 0 fully saturated rings. The summed E-state index contributed by atoms with van der Waals surface area (Å²) in [6.07, 6.45) is 0.740. The van der Waals surface area contributed by atoms with Crippen LogP contribution in [0.2, 0.25) is 0 Å². The molecular formula is C21H27NO. The Hall–Kier alpha value is -1.93. The lowest BCUT2D eigenvalue weighted by atomic mass is 9.94. The van der Waals surface area contributed by atoms with Gasteiger partial charge in [0.05, 0.1) is 6.04 Å². The van der Waals surface area contributed by atoms with Gasteiger partial charge in [-0.2, -0.15) is 0 Å². The number of ketones is 1. The summed E-state index contributed by atoms with van der Waals surface area (Å²) < 4.78 is 0. The van der Waals surface area contributed by atoms with Crippen molar-refractivity contribution >= 4 is 5.78 Å². The maximum Gasteiger partial charge on any atom is 0.152 e. The SMILES string of the molecule is CC(C)N[C@H](Cc1ccc(-c2ccccc2)cc1)C(=O)C(C)C. The second-order valence-electron chi connectivity index (χ2n) is 6.70. The Morgan fingerprint density at radius 3 is 1.96 bits per heavy atom. The van der Waals surface area contributed by atoms with E-state index in [1.54, 1.807) is 0 Å². The van der Waals surface area contributed by atoms with Gasteiger partial charge in [0.1, 0.15) is 0 Å². The molecule has 0 heterocycles. The molecule has 0 saturated carbocycles. The molecular weight excluding hydrogens is 282 g/mol. The van der Waals surface area contributed by atoms with Gasteiger partial charge in [0.15, 0.2) is 5.78 Å². The highest BCUT2D eigenvalue weighted by Gasteiger charge is 2.21. The highest BCUT2D eigenvalue weighted by atomic mass is 16.1. The second kappa shape index (κ2) is 8.07. The Kier molecular flexibility index (Phi) is 6.12. The van der Waals surface area contributed by atoms with Gasteiger partial charge >= 0.3 is 0 Å². The zero-order valence-corrected chi connectivity index (χ0v) is 14.5. The minimum Gasteiger partial charge on any atom is -0.305 e. The molecule has 122 valence electrons. The number of carbonyl (C=O) groups excluding carboxylic acids is 1. The fourth-order valence-electron chi connectivity index (χ4n) is 2.75. The van der Waals surface area contributed by atoms with E-state index in [9.17, 15) is 4.79 Å². The summed E-state index contributed by atoms with van der Waals surface area (Å²) in [7, 11) is 0. The number of hydrogen-bond acceptors (Lipinski definition) is 2. The van der Waals surface area contributed by atoms with Gasteiger partial charge in [-0.1, -0.05) is 82.3 Å². The van der Waals surface area contributed by atoms with Crippen molar-refractivity contribution in [2.45, 2.75) is 46.2 Å². The van der Waals surface area contributed by atoms with Crippen molar-refractivity contribution in [3.8, 4) is 11.1 Å². The van der Waals surface area contributed by atoms with Crippen LogP contribution in [0.25, 0.3) is 11.1 Å². The summed E-state index contributed by atoms with van der Waals surface area (Å²) >= 11 is 0. The summed E-state index contributed by atoms with van der Waals surface area (Å²) in [5.74, 6) is 0.334. The molecule has 0 aliphatic rings. The maximum atomic E-state index is 12.4. The van der Waals surface area contributed by atoms with E-state index >= 15 is 0 Å². The molecule has 0 unspecified atom stereocenters. The van der Waals surface area contributed by atoms with E-state index in [1.807, 2.05) is 32.0 Å². The Balaban J connectivity index is 2.12. The van der Waals surface area contributed by atoms with Gasteiger partial charge in [0, 0.05) is 12.0 Å². The average molecular weight is 309 g/mol. The van der Waals surface area contributed by atoms with Gasteiger partial charge in [-0.15, -0.1) is 0 Å². The number of benzene rings is 2. The number of hydrogen-bond donors (Lipinski definition) is 1. The van der Waals surface area contributed by atoms with Crippen molar-refractivity contribution in [3.05, 3.63) is 60.2 Å². The van der Waals surface area contributed by atoms with Crippen molar-refractivity contribution in [3.63, 3.8) is 0 Å². The highest BCUT2D eigenvalue weighted by Crippen LogP contribution is 2.20. The molecule has 0 amide bonds. The van der Waals surface area contributed by atoms with Crippen molar-refractivity contribution in [1.29, 1.82) is 0 Å². The van der Waals surface area contributed by atoms with Gasteiger partial charge in [0.2, 0.25) is 0 Å². The Labute approximate surface area is 139 Å². The molecule has 0 aliphatic heterocycles. The van der Waals surface area contributed by atoms with Gasteiger partial charge in [-0.05, 0) is 23.1 Å². The van der Waals surface area contributed by atoms with E-state index in [-0.39, 0.29) is 17.7 Å². The largest absolute Gasteiger partial charge is 0.305 e. The van der Waals surface area contributed by atoms with Crippen LogP contribution in [0.3, 0.4) is 0 Å². The smallest absolute Gasteiger partial charge is 0.152 e. The zero-order chi connectivity index (χ0) is 16.8. The maximum absolute atomic E-state index is 12.4. The molecule has 0 aromatic heterocycles. The van der Waals surface area contributed by atoms with Gasteiger partial charge in [-0.25, -0.2) is 0 Å². The molecule has 0 spiro atoms. The molecule has 2 rings (SSSR count). The second-order valence-corrected chi connectivity index (χ2v) is 6.70. The molecule has 2 aromatic rings. The van der Waals surface area contributed by atoms with Crippen LogP contribution >= 0.6 is 0 Å². The van der Waals surface area contributed by atoms with Crippen molar-refractivity contribution < 1.29 is 4.79 Å². The highest BCUT2D eigenvalue weighted by molar-refractivity contribution is 5.86. The van der Waals surface area contributed by atoms with Crippen molar-refractivity contribution in [2.75, 3.05) is 0 Å². The first-order valence-electron chi connectivity index (χ1n) is 8.41. The predicted molar refractivity (Wildman–Crippen MR) is 97.5 cm³/mol. The molecule has 1 N–H and O–H groups in total. The molecule has 2 aromatic carbocycles. The van der Waals surface area contributed by atoms with Crippen LogP contribution in [0.15, 0.2) is 54.6 Å². The predicted octanol–water partition coefficient (Wildman–Crippen LogP) is 4.49. The molecule has 0 saturated heterocycles. The minimum atomic E-state index is -0.113. The number of Topliss-reactive ketones (excluding diaryl/α,β-unsaturated/α-hetero) is 1. The third kappa shape index (κ3) is 5.04. The Bertz CT molecular complexity index is 614. The molecule has 1 atom stereocenters. The van der Waals surface area contributed by atoms with Crippen LogP contribution in [0.1, 0.15) is 33.3 Å². The minimum absolute atomic E-state index is 0.0508. The van der Waals surface area contributed by atoms with Crippen molar-refractivity contribution in [2.24, 2.45) is 5.92 Å². The van der Waals surface area contributed by atoms with Crippen LogP contribution in [-0.2, 0) is 11.2 Å². The van der Waals surface area contributed by atoms with Crippen LogP contribution < -0.4 is 5.32 Å². The lowest BCUT2D eigenvalue weighted by Gasteiger charge is -2.22. The number of nitrogens with one attached hydrogen (secondary N) is 1. The van der Waals surface area contributed by atoms with Crippen LogP contribution in [0.4, 0.5) is 0 Å². The third-order valence-electron chi connectivity index (χ3n) is 3.95. The van der Waals surface area contributed by atoms with E-state index in [2.05, 4.69) is 55.6 Å². The van der Waals surface area contributed by atoms with Crippen molar-refractivity contribution in [1.82, 2.24) is 5.32 Å². The van der Waals surface area contributed by atoms with E-state index < -0.39 is 0 Å². The summed E-state index contributed by atoms with van der Waals surface area (Å²) in [4.78, 5) is 12.4. The lowest BCUT2D eigenvalue weighted by Crippen LogP contribution is -2.44. The summed E-state index contributed by atoms with van der Waals surface area (Å²) in [5, 5.41) is 3.41. The van der Waals surface area contributed by atoms with E-state index in [4.69, 9.17) is 0 Å². The third-order valence-corrected chi connectivity index (χ3v) is 3.95. The molecule has 2 nitrogen and oxygen atoms in total. The van der Waals surface area contributed by atoms with E-state index in [1.165, 1.54) is 16.7 Å². The van der Waals surface area contributed by atoms with Crippen LogP contribution in [0.5, 0.6) is 0 Å². The first kappa shape index (κ1) is 17.4. The zero-order valence-electron chi connectivity index (χ0n) is 14.5. The lowest BCUT2D eigenvalue weighted by molar-refractivity contribution is -0.124. The topological polar surface area (TPSA) is 29.1 Å². The van der Waals surface area contributed by atoms with Gasteiger partial charge in [-0.3, -0.25) is 4.79 Å². The molecule has 0 bridgehead atoms. The van der Waals surface area contributed by atoms with Crippen LogP contribution in [0, 0.1) is 5.92 Å².